The van der Waals surface area contributed by atoms with Crippen LogP contribution in [0, 0.1) is 5.21 Å². The maximum absolute atomic E-state index is 11.7. The van der Waals surface area contributed by atoms with Gasteiger partial charge in [0.25, 0.3) is 5.91 Å². The fourth-order valence-electron chi connectivity index (χ4n) is 1.37. The summed E-state index contributed by atoms with van der Waals surface area (Å²) >= 11 is 5.93. The van der Waals surface area contributed by atoms with Gasteiger partial charge in [-0.15, -0.1) is 0 Å². The maximum Gasteiger partial charge on any atom is 0.271 e. The van der Waals surface area contributed by atoms with Gasteiger partial charge in [0.15, 0.2) is 12.4 Å². The van der Waals surface area contributed by atoms with E-state index in [9.17, 15) is 10.0 Å². The van der Waals surface area contributed by atoms with Gasteiger partial charge in [-0.1, -0.05) is 29.8 Å². The van der Waals surface area contributed by atoms with Gasteiger partial charge in [0.1, 0.15) is 0 Å². The van der Waals surface area contributed by atoms with E-state index in [4.69, 9.17) is 11.6 Å². The van der Waals surface area contributed by atoms with Crippen molar-refractivity contribution in [3.63, 3.8) is 0 Å². The first kappa shape index (κ1) is 13.0. The van der Waals surface area contributed by atoms with Gasteiger partial charge in [-0.25, -0.2) is 5.43 Å². The molecule has 1 aromatic carbocycles. The van der Waals surface area contributed by atoms with E-state index in [0.29, 0.717) is 20.9 Å². The van der Waals surface area contributed by atoms with Crippen LogP contribution in [0.15, 0.2) is 53.9 Å². The molecule has 0 bridgehead atoms. The van der Waals surface area contributed by atoms with Gasteiger partial charge < -0.3 is 5.21 Å². The van der Waals surface area contributed by atoms with Crippen LogP contribution in [0.1, 0.15) is 15.9 Å². The highest BCUT2D eigenvalue weighted by molar-refractivity contribution is 6.33. The number of nitrogens with zero attached hydrogens (tertiary/aromatic N) is 2. The maximum atomic E-state index is 11.7. The number of carbonyl (C=O) groups is 1. The van der Waals surface area contributed by atoms with Crippen LogP contribution in [-0.4, -0.2) is 12.1 Å². The number of pyridine rings is 1. The van der Waals surface area contributed by atoms with Crippen LogP contribution in [0.4, 0.5) is 0 Å². The van der Waals surface area contributed by atoms with Crippen molar-refractivity contribution in [3.05, 3.63) is 70.1 Å². The number of amides is 1. The van der Waals surface area contributed by atoms with Crippen molar-refractivity contribution in [1.82, 2.24) is 5.43 Å². The molecule has 2 rings (SSSR count). The van der Waals surface area contributed by atoms with E-state index >= 15 is 0 Å². The lowest BCUT2D eigenvalue weighted by atomic mass is 10.2. The average molecular weight is 276 g/mol. The molecular weight excluding hydrogens is 266 g/mol. The van der Waals surface area contributed by atoms with Gasteiger partial charge in [-0.3, -0.25) is 4.79 Å². The molecule has 0 aliphatic carbocycles. The number of rotatable bonds is 3. The molecule has 0 unspecified atom stereocenters. The molecule has 1 amide bonds. The molecule has 0 aliphatic heterocycles. The molecule has 2 aromatic rings. The van der Waals surface area contributed by atoms with Crippen LogP contribution >= 0.6 is 11.6 Å². The number of carbonyl (C=O) groups excluding carboxylic acids is 1. The number of nitrogens with one attached hydrogen (secondary N) is 1. The Morgan fingerprint density at radius 3 is 2.63 bits per heavy atom. The summed E-state index contributed by atoms with van der Waals surface area (Å²) in [5, 5.41) is 15.2. The van der Waals surface area contributed by atoms with Crippen LogP contribution in [0.2, 0.25) is 5.02 Å². The number of hydrazone groups is 1. The second-order valence-electron chi connectivity index (χ2n) is 3.67. The fourth-order valence-corrected chi connectivity index (χ4v) is 1.55. The Bertz CT molecular complexity index is 612. The summed E-state index contributed by atoms with van der Waals surface area (Å²) in [6.45, 7) is 0. The normalized spacial score (nSPS) is 10.6. The van der Waals surface area contributed by atoms with Crippen LogP contribution in [0.5, 0.6) is 0 Å². The zero-order valence-electron chi connectivity index (χ0n) is 9.79. The second kappa shape index (κ2) is 5.97. The van der Waals surface area contributed by atoms with Gasteiger partial charge >= 0.3 is 0 Å². The minimum Gasteiger partial charge on any atom is -0.619 e. The van der Waals surface area contributed by atoms with Crippen molar-refractivity contribution in [2.75, 3.05) is 0 Å². The molecule has 0 spiro atoms. The Morgan fingerprint density at radius 2 is 1.95 bits per heavy atom. The Kier molecular flexibility index (Phi) is 4.10. The molecule has 6 heteroatoms. The standard InChI is InChI=1S/C13H10ClN3O2/c14-12-4-2-1-3-11(12)9-15-16-13(18)10-5-7-17(19)8-6-10/h1-9H,(H,16,18). The summed E-state index contributed by atoms with van der Waals surface area (Å²) < 4.78 is 0.601. The van der Waals surface area contributed by atoms with E-state index in [1.807, 2.05) is 6.07 Å². The number of halogens is 1. The van der Waals surface area contributed by atoms with Crippen molar-refractivity contribution in [2.45, 2.75) is 0 Å². The van der Waals surface area contributed by atoms with Crippen molar-refractivity contribution in [3.8, 4) is 0 Å². The highest BCUT2D eigenvalue weighted by Gasteiger charge is 2.04. The summed E-state index contributed by atoms with van der Waals surface area (Å²) in [4.78, 5) is 11.7. The first-order chi connectivity index (χ1) is 9.16. The van der Waals surface area contributed by atoms with Gasteiger partial charge in [0, 0.05) is 22.7 Å². The lowest BCUT2D eigenvalue weighted by Gasteiger charge is -2.00. The van der Waals surface area contributed by atoms with Crippen molar-refractivity contribution in [1.29, 1.82) is 0 Å². The zero-order chi connectivity index (χ0) is 13.7. The summed E-state index contributed by atoms with van der Waals surface area (Å²) in [5.74, 6) is -0.399. The summed E-state index contributed by atoms with van der Waals surface area (Å²) in [7, 11) is 0. The number of hydrogen-bond acceptors (Lipinski definition) is 3. The number of hydrogen-bond donors (Lipinski definition) is 1. The third-order valence-corrected chi connectivity index (χ3v) is 2.68. The third-order valence-electron chi connectivity index (χ3n) is 2.34. The number of aromatic nitrogens is 1. The molecule has 1 heterocycles. The van der Waals surface area contributed by atoms with E-state index in [-0.39, 0.29) is 0 Å². The van der Waals surface area contributed by atoms with Crippen molar-refractivity contribution in [2.24, 2.45) is 5.10 Å². The predicted molar refractivity (Wildman–Crippen MR) is 71.9 cm³/mol. The second-order valence-corrected chi connectivity index (χ2v) is 4.07. The van der Waals surface area contributed by atoms with Gasteiger partial charge in [0.2, 0.25) is 0 Å². The zero-order valence-corrected chi connectivity index (χ0v) is 10.5. The molecule has 0 saturated heterocycles. The van der Waals surface area contributed by atoms with E-state index in [2.05, 4.69) is 10.5 Å². The molecular formula is C13H10ClN3O2. The largest absolute Gasteiger partial charge is 0.619 e. The molecule has 0 radical (unpaired) electrons. The summed E-state index contributed by atoms with van der Waals surface area (Å²) in [6, 6.07) is 9.95. The summed E-state index contributed by atoms with van der Waals surface area (Å²) in [5.41, 5.74) is 3.41. The van der Waals surface area contributed by atoms with Crippen LogP contribution in [0.25, 0.3) is 0 Å². The van der Waals surface area contributed by atoms with E-state index < -0.39 is 5.91 Å². The molecule has 1 N–H and O–H groups in total. The smallest absolute Gasteiger partial charge is 0.271 e. The van der Waals surface area contributed by atoms with E-state index in [1.165, 1.54) is 30.7 Å². The van der Waals surface area contributed by atoms with Crippen LogP contribution in [0.3, 0.4) is 0 Å². The van der Waals surface area contributed by atoms with Crippen LogP contribution in [-0.2, 0) is 0 Å². The lowest BCUT2D eigenvalue weighted by Crippen LogP contribution is -2.26. The molecule has 0 atom stereocenters. The molecule has 19 heavy (non-hydrogen) atoms. The minimum absolute atomic E-state index is 0.350. The Hall–Kier alpha value is -2.40. The first-order valence-corrected chi connectivity index (χ1v) is 5.81. The van der Waals surface area contributed by atoms with Gasteiger partial charge in [-0.05, 0) is 6.07 Å². The Morgan fingerprint density at radius 1 is 1.26 bits per heavy atom. The quantitative estimate of drug-likeness (QED) is 0.401. The predicted octanol–water partition coefficient (Wildman–Crippen LogP) is 1.74. The third kappa shape index (κ3) is 3.53. The Balaban J connectivity index is 2.01. The molecule has 0 fully saturated rings. The molecule has 0 aliphatic rings. The molecule has 96 valence electrons. The molecule has 5 nitrogen and oxygen atoms in total. The highest BCUT2D eigenvalue weighted by atomic mass is 35.5. The minimum atomic E-state index is -0.399. The van der Waals surface area contributed by atoms with Crippen molar-refractivity contribution < 1.29 is 9.52 Å². The van der Waals surface area contributed by atoms with E-state index in [0.717, 1.165) is 0 Å². The topological polar surface area (TPSA) is 68.4 Å². The number of benzene rings is 1. The van der Waals surface area contributed by atoms with E-state index in [1.54, 1.807) is 18.2 Å². The SMILES string of the molecule is O=C(NN=Cc1ccccc1Cl)c1cc[n+]([O-])cc1. The average Bonchev–Trinajstić information content (AvgIpc) is 2.41. The van der Waals surface area contributed by atoms with Crippen molar-refractivity contribution >= 4 is 23.7 Å². The van der Waals surface area contributed by atoms with Gasteiger partial charge in [-0.2, -0.15) is 9.83 Å². The van der Waals surface area contributed by atoms with Gasteiger partial charge in [0.05, 0.1) is 11.8 Å². The first-order valence-electron chi connectivity index (χ1n) is 5.43. The fraction of sp³-hybridized carbons (Fsp3) is 0. The molecule has 0 saturated carbocycles. The highest BCUT2D eigenvalue weighted by Crippen LogP contribution is 2.12. The lowest BCUT2D eigenvalue weighted by molar-refractivity contribution is -0.605. The van der Waals surface area contributed by atoms with Crippen LogP contribution < -0.4 is 10.2 Å². The summed E-state index contributed by atoms with van der Waals surface area (Å²) in [6.07, 6.45) is 3.94. The Labute approximate surface area is 114 Å². The monoisotopic (exact) mass is 275 g/mol. The molecule has 1 aromatic heterocycles.